The van der Waals surface area contributed by atoms with Gasteiger partial charge in [-0.25, -0.2) is 0 Å². The van der Waals surface area contributed by atoms with Crippen molar-refractivity contribution in [2.24, 2.45) is 16.2 Å². The van der Waals surface area contributed by atoms with Crippen LogP contribution in [0.4, 0.5) is 0 Å². The monoisotopic (exact) mass is 154 g/mol. The molecule has 0 radical (unpaired) electrons. The first kappa shape index (κ1) is 7.60. The third-order valence-corrected chi connectivity index (χ3v) is 4.34. The second-order valence-electron chi connectivity index (χ2n) is 5.36. The highest BCUT2D eigenvalue weighted by atomic mass is 16.3. The molecule has 0 aromatic rings. The van der Waals surface area contributed by atoms with Crippen LogP contribution < -0.4 is 0 Å². The first-order chi connectivity index (χ1) is 4.97. The zero-order chi connectivity index (χ0) is 8.33. The molecule has 2 aliphatic rings. The van der Waals surface area contributed by atoms with E-state index in [1.54, 1.807) is 0 Å². The van der Waals surface area contributed by atoms with Crippen molar-refractivity contribution in [2.45, 2.75) is 40.0 Å². The van der Waals surface area contributed by atoms with Crippen molar-refractivity contribution in [3.63, 3.8) is 0 Å². The van der Waals surface area contributed by atoms with Gasteiger partial charge in [-0.2, -0.15) is 0 Å². The smallest absolute Gasteiger partial charge is 0.0497 e. The van der Waals surface area contributed by atoms with Crippen molar-refractivity contribution in [1.29, 1.82) is 0 Å². The second kappa shape index (κ2) is 1.66. The van der Waals surface area contributed by atoms with Gasteiger partial charge in [0, 0.05) is 12.0 Å². The molecular formula is C10H18O. The van der Waals surface area contributed by atoms with Crippen LogP contribution in [-0.2, 0) is 0 Å². The van der Waals surface area contributed by atoms with Gasteiger partial charge in [-0.1, -0.05) is 20.8 Å². The molecule has 1 atom stereocenters. The number of hydrogen-bond donors (Lipinski definition) is 1. The van der Waals surface area contributed by atoms with Gasteiger partial charge in [0.25, 0.3) is 0 Å². The summed E-state index contributed by atoms with van der Waals surface area (Å²) in [5.74, 6) is 0. The van der Waals surface area contributed by atoms with Gasteiger partial charge in [0.1, 0.15) is 0 Å². The van der Waals surface area contributed by atoms with Gasteiger partial charge in [-0.05, 0) is 30.1 Å². The lowest BCUT2D eigenvalue weighted by atomic mass is 9.81. The molecule has 2 fully saturated rings. The lowest BCUT2D eigenvalue weighted by Crippen LogP contribution is -2.24. The minimum atomic E-state index is 0.292. The predicted molar refractivity (Wildman–Crippen MR) is 45.3 cm³/mol. The van der Waals surface area contributed by atoms with E-state index in [2.05, 4.69) is 20.8 Å². The molecule has 1 heteroatoms. The van der Waals surface area contributed by atoms with Gasteiger partial charge >= 0.3 is 0 Å². The highest BCUT2D eigenvalue weighted by Gasteiger charge is 2.72. The third kappa shape index (κ3) is 0.703. The first-order valence-electron chi connectivity index (χ1n) is 4.58. The zero-order valence-corrected chi connectivity index (χ0v) is 7.78. The molecule has 0 saturated heterocycles. The van der Waals surface area contributed by atoms with Crippen LogP contribution in [-0.4, -0.2) is 11.7 Å². The van der Waals surface area contributed by atoms with E-state index in [1.807, 2.05) is 0 Å². The molecule has 1 N–H and O–H groups in total. The summed E-state index contributed by atoms with van der Waals surface area (Å²) < 4.78 is 0. The topological polar surface area (TPSA) is 20.2 Å². The summed E-state index contributed by atoms with van der Waals surface area (Å²) >= 11 is 0. The Morgan fingerprint density at radius 2 is 1.64 bits per heavy atom. The molecule has 0 bridgehead atoms. The standard InChI is InChI=1S/C10H18O/c1-8(2)6-10(8,7-11)9(3)4-5-9/h11H,4-7H2,1-3H3. The molecule has 1 nitrogen and oxygen atoms in total. The molecule has 0 heterocycles. The lowest BCUT2D eigenvalue weighted by molar-refractivity contribution is 0.117. The van der Waals surface area contributed by atoms with E-state index in [4.69, 9.17) is 0 Å². The molecule has 0 aromatic carbocycles. The van der Waals surface area contributed by atoms with Crippen LogP contribution in [0.25, 0.3) is 0 Å². The molecule has 11 heavy (non-hydrogen) atoms. The van der Waals surface area contributed by atoms with Crippen LogP contribution >= 0.6 is 0 Å². The quantitative estimate of drug-likeness (QED) is 0.646. The second-order valence-corrected chi connectivity index (χ2v) is 5.36. The average Bonchev–Trinajstić information content (AvgIpc) is 2.73. The Hall–Kier alpha value is -0.0400. The molecule has 2 rings (SSSR count). The lowest BCUT2D eigenvalue weighted by Gasteiger charge is -2.24. The molecule has 0 aromatic heterocycles. The average molecular weight is 154 g/mol. The maximum Gasteiger partial charge on any atom is 0.0497 e. The van der Waals surface area contributed by atoms with Crippen LogP contribution in [0.5, 0.6) is 0 Å². The van der Waals surface area contributed by atoms with Gasteiger partial charge in [0.15, 0.2) is 0 Å². The van der Waals surface area contributed by atoms with Crippen LogP contribution in [0.15, 0.2) is 0 Å². The van der Waals surface area contributed by atoms with Crippen molar-refractivity contribution in [2.75, 3.05) is 6.61 Å². The van der Waals surface area contributed by atoms with E-state index in [-0.39, 0.29) is 0 Å². The van der Waals surface area contributed by atoms with Crippen LogP contribution in [0.1, 0.15) is 40.0 Å². The summed E-state index contributed by atoms with van der Waals surface area (Å²) in [5, 5.41) is 9.37. The Balaban J connectivity index is 2.22. The van der Waals surface area contributed by atoms with E-state index >= 15 is 0 Å². The minimum Gasteiger partial charge on any atom is -0.396 e. The SMILES string of the molecule is CC1(C)CC1(CO)C1(C)CC1. The Bertz CT molecular complexity index is 191. The number of hydrogen-bond acceptors (Lipinski definition) is 1. The van der Waals surface area contributed by atoms with Crippen molar-refractivity contribution in [1.82, 2.24) is 0 Å². The van der Waals surface area contributed by atoms with Gasteiger partial charge in [0.2, 0.25) is 0 Å². The van der Waals surface area contributed by atoms with Crippen molar-refractivity contribution < 1.29 is 5.11 Å². The fourth-order valence-corrected chi connectivity index (χ4v) is 2.87. The summed E-state index contributed by atoms with van der Waals surface area (Å²) in [7, 11) is 0. The highest BCUT2D eigenvalue weighted by Crippen LogP contribution is 2.78. The van der Waals surface area contributed by atoms with Gasteiger partial charge in [-0.15, -0.1) is 0 Å². The maximum absolute atomic E-state index is 9.37. The van der Waals surface area contributed by atoms with Crippen molar-refractivity contribution in [3.05, 3.63) is 0 Å². The van der Waals surface area contributed by atoms with Crippen molar-refractivity contribution in [3.8, 4) is 0 Å². The van der Waals surface area contributed by atoms with E-state index in [0.717, 1.165) is 0 Å². The molecule has 0 aliphatic heterocycles. The Labute approximate surface area is 68.8 Å². The Morgan fingerprint density at radius 1 is 1.18 bits per heavy atom. The van der Waals surface area contributed by atoms with Crippen LogP contribution in [0.3, 0.4) is 0 Å². The summed E-state index contributed by atoms with van der Waals surface area (Å²) in [6.45, 7) is 7.30. The highest BCUT2D eigenvalue weighted by molar-refractivity contribution is 5.21. The van der Waals surface area contributed by atoms with E-state index in [9.17, 15) is 5.11 Å². The fraction of sp³-hybridized carbons (Fsp3) is 1.00. The maximum atomic E-state index is 9.37. The summed E-state index contributed by atoms with van der Waals surface area (Å²) in [6, 6.07) is 0. The molecular weight excluding hydrogens is 136 g/mol. The number of aliphatic hydroxyl groups excluding tert-OH is 1. The van der Waals surface area contributed by atoms with E-state index in [0.29, 0.717) is 22.9 Å². The summed E-state index contributed by atoms with van der Waals surface area (Å²) in [4.78, 5) is 0. The van der Waals surface area contributed by atoms with E-state index < -0.39 is 0 Å². The third-order valence-electron chi connectivity index (χ3n) is 4.34. The minimum absolute atomic E-state index is 0.292. The first-order valence-corrected chi connectivity index (χ1v) is 4.58. The molecule has 2 aliphatic carbocycles. The summed E-state index contributed by atoms with van der Waals surface area (Å²) in [6.07, 6.45) is 3.89. The number of aliphatic hydroxyl groups is 1. The van der Waals surface area contributed by atoms with Gasteiger partial charge in [-0.3, -0.25) is 0 Å². The van der Waals surface area contributed by atoms with Crippen molar-refractivity contribution >= 4 is 0 Å². The predicted octanol–water partition coefficient (Wildman–Crippen LogP) is 2.20. The molecule has 0 spiro atoms. The zero-order valence-electron chi connectivity index (χ0n) is 7.78. The van der Waals surface area contributed by atoms with Gasteiger partial charge in [0.05, 0.1) is 0 Å². The molecule has 2 saturated carbocycles. The summed E-state index contributed by atoms with van der Waals surface area (Å²) in [5.41, 5.74) is 1.19. The normalized spacial score (nSPS) is 43.6. The largest absolute Gasteiger partial charge is 0.396 e. The molecule has 0 amide bonds. The van der Waals surface area contributed by atoms with Crippen LogP contribution in [0.2, 0.25) is 0 Å². The van der Waals surface area contributed by atoms with E-state index in [1.165, 1.54) is 19.3 Å². The molecule has 64 valence electrons. The fourth-order valence-electron chi connectivity index (χ4n) is 2.87. The number of rotatable bonds is 2. The molecule has 1 unspecified atom stereocenters. The Morgan fingerprint density at radius 3 is 1.73 bits per heavy atom. The van der Waals surface area contributed by atoms with Crippen LogP contribution in [0, 0.1) is 16.2 Å². The Kier molecular flexibility index (Phi) is 1.15. The van der Waals surface area contributed by atoms with Gasteiger partial charge < -0.3 is 5.11 Å².